The Bertz CT molecular complexity index is 978. The molecule has 2 aromatic rings. The van der Waals surface area contributed by atoms with Gasteiger partial charge in [-0.05, 0) is 56.2 Å². The molecule has 0 saturated heterocycles. The van der Waals surface area contributed by atoms with Crippen molar-refractivity contribution < 1.29 is 19.1 Å². The second-order valence-corrected chi connectivity index (χ2v) is 9.15. The van der Waals surface area contributed by atoms with Gasteiger partial charge in [0.2, 0.25) is 11.8 Å². The Morgan fingerprint density at radius 2 is 1.94 bits per heavy atom. The number of aryl methyl sites for hydroxylation is 1. The summed E-state index contributed by atoms with van der Waals surface area (Å²) in [5, 5.41) is 4.07. The van der Waals surface area contributed by atoms with Crippen molar-refractivity contribution in [2.24, 2.45) is 0 Å². The van der Waals surface area contributed by atoms with Crippen molar-refractivity contribution >= 4 is 17.7 Å². The first-order valence-electron chi connectivity index (χ1n) is 12.3. The number of fused-ring (bicyclic) bond motifs is 1. The number of aromatic nitrogens is 2. The summed E-state index contributed by atoms with van der Waals surface area (Å²) < 4.78 is 7.45. The first kappa shape index (κ1) is 26.2. The van der Waals surface area contributed by atoms with Crippen LogP contribution in [0.5, 0.6) is 5.75 Å². The highest BCUT2D eigenvalue weighted by molar-refractivity contribution is 5.88. The van der Waals surface area contributed by atoms with Gasteiger partial charge < -0.3 is 19.4 Å². The van der Waals surface area contributed by atoms with Crippen LogP contribution < -0.4 is 4.74 Å². The van der Waals surface area contributed by atoms with E-state index in [-0.39, 0.29) is 30.9 Å². The minimum Gasteiger partial charge on any atom is -0.483 e. The number of carbonyl (C=O) groups excluding carboxylic acids is 3. The molecule has 0 unspecified atom stereocenters. The molecule has 9 heteroatoms. The number of likely N-dealkylation sites (N-methyl/N-ethyl adjacent to an activating group) is 3. The van der Waals surface area contributed by atoms with Gasteiger partial charge in [0.05, 0.1) is 0 Å². The number of benzene rings is 1. The molecule has 3 rings (SSSR count). The molecular weight excluding hydrogens is 446 g/mol. The Labute approximate surface area is 207 Å². The molecule has 190 valence electrons. The topological polar surface area (TPSA) is 88.0 Å². The van der Waals surface area contributed by atoms with Gasteiger partial charge in [-0.3, -0.25) is 19.1 Å². The van der Waals surface area contributed by atoms with Crippen molar-refractivity contribution in [1.29, 1.82) is 0 Å². The molecule has 0 aliphatic carbocycles. The molecule has 0 bridgehead atoms. The first-order chi connectivity index (χ1) is 16.9. The van der Waals surface area contributed by atoms with Crippen molar-refractivity contribution in [2.45, 2.75) is 51.1 Å². The lowest BCUT2D eigenvalue weighted by Gasteiger charge is -2.31. The molecule has 3 amide bonds. The molecule has 1 aliphatic rings. The largest absolute Gasteiger partial charge is 0.483 e. The normalized spacial score (nSPS) is 17.6. The monoisotopic (exact) mass is 483 g/mol. The minimum absolute atomic E-state index is 0.0173. The maximum Gasteiger partial charge on any atom is 0.260 e. The van der Waals surface area contributed by atoms with Crippen LogP contribution in [0.1, 0.15) is 37.7 Å². The zero-order valence-electron chi connectivity index (χ0n) is 21.1. The highest BCUT2D eigenvalue weighted by Gasteiger charge is 2.29. The van der Waals surface area contributed by atoms with Crippen LogP contribution in [0.4, 0.5) is 0 Å². The quantitative estimate of drug-likeness (QED) is 0.564. The Balaban J connectivity index is 1.58. The molecule has 0 radical (unpaired) electrons. The molecule has 1 aromatic carbocycles. The lowest BCUT2D eigenvalue weighted by molar-refractivity contribution is -0.145. The third-order valence-electron chi connectivity index (χ3n) is 6.54. The van der Waals surface area contributed by atoms with Gasteiger partial charge in [-0.15, -0.1) is 0 Å². The SMILES string of the molecule is CN(CCCC[C@H]1C(=O)N(C)CCCCc2ccccc2OCC(=O)N1C)C(=O)Cn1cccn1. The van der Waals surface area contributed by atoms with Gasteiger partial charge in [0, 0.05) is 46.6 Å². The van der Waals surface area contributed by atoms with Gasteiger partial charge in [0.25, 0.3) is 5.91 Å². The number of rotatable bonds is 7. The molecule has 0 N–H and O–H groups in total. The lowest BCUT2D eigenvalue weighted by atomic mass is 10.1. The zero-order valence-corrected chi connectivity index (χ0v) is 21.1. The van der Waals surface area contributed by atoms with Gasteiger partial charge in [0.1, 0.15) is 18.3 Å². The number of hydrogen-bond donors (Lipinski definition) is 0. The fourth-order valence-electron chi connectivity index (χ4n) is 4.24. The summed E-state index contributed by atoms with van der Waals surface area (Å²) in [5.74, 6) is 0.432. The van der Waals surface area contributed by atoms with E-state index in [0.29, 0.717) is 25.9 Å². The molecular formula is C26H37N5O4. The smallest absolute Gasteiger partial charge is 0.260 e. The van der Waals surface area contributed by atoms with E-state index in [4.69, 9.17) is 4.74 Å². The highest BCUT2D eigenvalue weighted by Crippen LogP contribution is 2.21. The van der Waals surface area contributed by atoms with Crippen LogP contribution in [0.3, 0.4) is 0 Å². The summed E-state index contributed by atoms with van der Waals surface area (Å²) in [6, 6.07) is 9.02. The van der Waals surface area contributed by atoms with Gasteiger partial charge in [-0.2, -0.15) is 5.10 Å². The van der Waals surface area contributed by atoms with E-state index in [0.717, 1.165) is 37.0 Å². The van der Waals surface area contributed by atoms with E-state index in [1.807, 2.05) is 24.3 Å². The maximum absolute atomic E-state index is 13.3. The number of unbranched alkanes of at least 4 members (excludes halogenated alkanes) is 1. The van der Waals surface area contributed by atoms with Crippen molar-refractivity contribution in [3.8, 4) is 5.75 Å². The van der Waals surface area contributed by atoms with Crippen molar-refractivity contribution in [3.63, 3.8) is 0 Å². The third kappa shape index (κ3) is 7.56. The summed E-state index contributed by atoms with van der Waals surface area (Å²) >= 11 is 0. The average Bonchev–Trinajstić information content (AvgIpc) is 3.37. The van der Waals surface area contributed by atoms with E-state index in [2.05, 4.69) is 5.10 Å². The maximum atomic E-state index is 13.3. The summed E-state index contributed by atoms with van der Waals surface area (Å²) in [6.45, 7) is 1.32. The molecule has 0 saturated carbocycles. The van der Waals surface area contributed by atoms with E-state index in [9.17, 15) is 14.4 Å². The van der Waals surface area contributed by atoms with Gasteiger partial charge in [-0.25, -0.2) is 0 Å². The van der Waals surface area contributed by atoms with Crippen LogP contribution in [0.15, 0.2) is 42.7 Å². The molecule has 0 fully saturated rings. The van der Waals surface area contributed by atoms with Gasteiger partial charge >= 0.3 is 0 Å². The predicted octanol–water partition coefficient (Wildman–Crippen LogP) is 2.21. The number of para-hydroxylation sites is 1. The zero-order chi connectivity index (χ0) is 25.2. The Kier molecular flexibility index (Phi) is 9.69. The number of nitrogens with zero attached hydrogens (tertiary/aromatic N) is 5. The number of carbonyl (C=O) groups is 3. The van der Waals surface area contributed by atoms with Crippen LogP contribution in [-0.2, 0) is 27.3 Å². The van der Waals surface area contributed by atoms with Gasteiger partial charge in [0.15, 0.2) is 6.61 Å². The molecule has 9 nitrogen and oxygen atoms in total. The van der Waals surface area contributed by atoms with Gasteiger partial charge in [-0.1, -0.05) is 18.2 Å². The van der Waals surface area contributed by atoms with E-state index in [1.54, 1.807) is 54.1 Å². The summed E-state index contributed by atoms with van der Waals surface area (Å²) in [4.78, 5) is 43.5. The standard InChI is InChI=1S/C26H37N5O4/c1-28(24(32)19-31-18-10-15-27-31)16-9-7-13-22-26(34)29(2)17-8-6-12-21-11-4-5-14-23(21)35-20-25(33)30(22)3/h4-5,10-11,14-15,18,22H,6-9,12-13,16-17,19-20H2,1-3H3/t22-/m0/s1. The summed E-state index contributed by atoms with van der Waals surface area (Å²) in [5.41, 5.74) is 1.08. The van der Waals surface area contributed by atoms with Crippen LogP contribution in [0.25, 0.3) is 0 Å². The summed E-state index contributed by atoms with van der Waals surface area (Å²) in [6.07, 6.45) is 8.05. The molecule has 0 spiro atoms. The highest BCUT2D eigenvalue weighted by atomic mass is 16.5. The van der Waals surface area contributed by atoms with Crippen LogP contribution in [0.2, 0.25) is 0 Å². The molecule has 1 aliphatic heterocycles. The second kappa shape index (κ2) is 12.9. The van der Waals surface area contributed by atoms with E-state index < -0.39 is 6.04 Å². The van der Waals surface area contributed by atoms with Crippen molar-refractivity contribution in [1.82, 2.24) is 24.5 Å². The third-order valence-corrected chi connectivity index (χ3v) is 6.54. The average molecular weight is 484 g/mol. The lowest BCUT2D eigenvalue weighted by Crippen LogP contribution is -2.49. The molecule has 1 aromatic heterocycles. The van der Waals surface area contributed by atoms with Crippen molar-refractivity contribution in [3.05, 3.63) is 48.3 Å². The minimum atomic E-state index is -0.558. The molecule has 1 atom stereocenters. The fraction of sp³-hybridized carbons (Fsp3) is 0.538. The van der Waals surface area contributed by atoms with Crippen molar-refractivity contribution in [2.75, 3.05) is 40.8 Å². The Hall–Kier alpha value is -3.36. The Morgan fingerprint density at radius 3 is 2.71 bits per heavy atom. The Morgan fingerprint density at radius 1 is 1.14 bits per heavy atom. The molecule has 35 heavy (non-hydrogen) atoms. The van der Waals surface area contributed by atoms with Crippen LogP contribution in [-0.4, -0.2) is 89.1 Å². The van der Waals surface area contributed by atoms with E-state index >= 15 is 0 Å². The predicted molar refractivity (Wildman–Crippen MR) is 133 cm³/mol. The second-order valence-electron chi connectivity index (χ2n) is 9.15. The van der Waals surface area contributed by atoms with E-state index in [1.165, 1.54) is 4.90 Å². The first-order valence-corrected chi connectivity index (χ1v) is 12.3. The fourth-order valence-corrected chi connectivity index (χ4v) is 4.24. The summed E-state index contributed by atoms with van der Waals surface area (Å²) in [7, 11) is 5.25. The van der Waals surface area contributed by atoms with Crippen LogP contribution in [0, 0.1) is 0 Å². The number of hydrogen-bond acceptors (Lipinski definition) is 5. The number of ether oxygens (including phenoxy) is 1. The molecule has 2 heterocycles. The number of amides is 3. The van der Waals surface area contributed by atoms with Crippen LogP contribution >= 0.6 is 0 Å².